The molecular formula is C13H20N2O3S. The highest BCUT2D eigenvalue weighted by atomic mass is 32.2. The van der Waals surface area contributed by atoms with Gasteiger partial charge in [0.05, 0.1) is 4.90 Å². The minimum Gasteiger partial charge on any atom is -0.326 e. The van der Waals surface area contributed by atoms with Gasteiger partial charge in [-0.25, -0.2) is 13.6 Å². The largest absolute Gasteiger partial charge is 0.326 e. The highest BCUT2D eigenvalue weighted by Gasteiger charge is 2.15. The third-order valence-corrected chi connectivity index (χ3v) is 3.73. The molecule has 0 aliphatic heterocycles. The van der Waals surface area contributed by atoms with E-state index in [9.17, 15) is 13.2 Å². The van der Waals surface area contributed by atoms with Crippen molar-refractivity contribution in [2.45, 2.75) is 44.9 Å². The van der Waals surface area contributed by atoms with Crippen LogP contribution >= 0.6 is 0 Å². The number of nitrogens with one attached hydrogen (secondary N) is 1. The summed E-state index contributed by atoms with van der Waals surface area (Å²) in [5, 5.41) is 7.97. The summed E-state index contributed by atoms with van der Waals surface area (Å²) in [4.78, 5) is 11.7. The summed E-state index contributed by atoms with van der Waals surface area (Å²) >= 11 is 0. The average Bonchev–Trinajstić information content (AvgIpc) is 2.30. The molecule has 0 aliphatic carbocycles. The second-order valence-electron chi connectivity index (χ2n) is 4.47. The number of carbonyl (C=O) groups excluding carboxylic acids is 1. The van der Waals surface area contributed by atoms with Crippen LogP contribution in [0.3, 0.4) is 0 Å². The Kier molecular flexibility index (Phi) is 5.08. The van der Waals surface area contributed by atoms with Crippen molar-refractivity contribution in [2.75, 3.05) is 5.32 Å². The molecule has 0 aliphatic rings. The summed E-state index contributed by atoms with van der Waals surface area (Å²) in [5.41, 5.74) is 2.16. The van der Waals surface area contributed by atoms with E-state index in [4.69, 9.17) is 5.14 Å². The van der Waals surface area contributed by atoms with Gasteiger partial charge in [0.25, 0.3) is 0 Å². The van der Waals surface area contributed by atoms with Gasteiger partial charge in [0.15, 0.2) is 0 Å². The molecule has 0 fully saturated rings. The number of rotatable bonds is 5. The molecule has 1 rings (SSSR count). The van der Waals surface area contributed by atoms with Gasteiger partial charge in [-0.3, -0.25) is 4.79 Å². The first-order valence-corrected chi connectivity index (χ1v) is 7.80. The van der Waals surface area contributed by atoms with Crippen LogP contribution < -0.4 is 10.5 Å². The predicted molar refractivity (Wildman–Crippen MR) is 75.5 cm³/mol. The van der Waals surface area contributed by atoms with Gasteiger partial charge in [0.1, 0.15) is 0 Å². The minimum absolute atomic E-state index is 0.0661. The van der Waals surface area contributed by atoms with E-state index in [2.05, 4.69) is 5.32 Å². The predicted octanol–water partition coefficient (Wildman–Crippen LogP) is 1.94. The molecule has 0 saturated heterocycles. The number of nitrogens with two attached hydrogens (primary N) is 1. The Labute approximate surface area is 114 Å². The van der Waals surface area contributed by atoms with Gasteiger partial charge < -0.3 is 5.32 Å². The fourth-order valence-corrected chi connectivity index (χ4v) is 2.52. The number of hydrogen-bond donors (Lipinski definition) is 2. The van der Waals surface area contributed by atoms with E-state index in [0.717, 1.165) is 12.0 Å². The van der Waals surface area contributed by atoms with E-state index in [1.807, 2.05) is 13.8 Å². The molecule has 0 heterocycles. The second-order valence-corrected chi connectivity index (χ2v) is 6.03. The summed E-state index contributed by atoms with van der Waals surface area (Å²) in [5.74, 6) is -0.0661. The summed E-state index contributed by atoms with van der Waals surface area (Å²) < 4.78 is 22.8. The molecule has 0 spiro atoms. The summed E-state index contributed by atoms with van der Waals surface area (Å²) in [6.45, 7) is 5.59. The number of aryl methyl sites for hydroxylation is 2. The molecular weight excluding hydrogens is 264 g/mol. The SMILES string of the molecule is CCCC(=O)Nc1c(C)cc(S(N)(=O)=O)cc1CC. The van der Waals surface area contributed by atoms with Crippen LogP contribution in [0, 0.1) is 6.92 Å². The lowest BCUT2D eigenvalue weighted by atomic mass is 10.1. The summed E-state index contributed by atoms with van der Waals surface area (Å²) in [7, 11) is -3.73. The Hall–Kier alpha value is -1.40. The molecule has 5 nitrogen and oxygen atoms in total. The van der Waals surface area contributed by atoms with Crippen molar-refractivity contribution in [3.63, 3.8) is 0 Å². The van der Waals surface area contributed by atoms with Crippen molar-refractivity contribution < 1.29 is 13.2 Å². The van der Waals surface area contributed by atoms with Gasteiger partial charge in [0.2, 0.25) is 15.9 Å². The zero-order valence-corrected chi connectivity index (χ0v) is 12.3. The Balaban J connectivity index is 3.23. The maximum Gasteiger partial charge on any atom is 0.238 e. The Morgan fingerprint density at radius 1 is 1.32 bits per heavy atom. The Morgan fingerprint density at radius 3 is 2.42 bits per heavy atom. The monoisotopic (exact) mass is 284 g/mol. The van der Waals surface area contributed by atoms with Crippen LogP contribution in [0.15, 0.2) is 17.0 Å². The topological polar surface area (TPSA) is 89.3 Å². The van der Waals surface area contributed by atoms with Crippen molar-refractivity contribution in [3.8, 4) is 0 Å². The molecule has 1 amide bonds. The van der Waals surface area contributed by atoms with Crippen molar-refractivity contribution in [2.24, 2.45) is 5.14 Å². The average molecular weight is 284 g/mol. The fraction of sp³-hybridized carbons (Fsp3) is 0.462. The van der Waals surface area contributed by atoms with Crippen LogP contribution in [0.2, 0.25) is 0 Å². The van der Waals surface area contributed by atoms with Gasteiger partial charge >= 0.3 is 0 Å². The molecule has 0 saturated carbocycles. The van der Waals surface area contributed by atoms with Gasteiger partial charge in [-0.05, 0) is 43.0 Å². The zero-order chi connectivity index (χ0) is 14.6. The molecule has 0 atom stereocenters. The number of primary sulfonamides is 1. The van der Waals surface area contributed by atoms with Crippen LogP contribution in [-0.2, 0) is 21.2 Å². The third-order valence-electron chi connectivity index (χ3n) is 2.84. The first-order valence-electron chi connectivity index (χ1n) is 6.25. The summed E-state index contributed by atoms with van der Waals surface area (Å²) in [6, 6.07) is 3.00. The molecule has 0 aromatic heterocycles. The number of anilines is 1. The quantitative estimate of drug-likeness (QED) is 0.866. The molecule has 0 unspecified atom stereocenters. The van der Waals surface area contributed by atoms with Crippen LogP contribution in [0.25, 0.3) is 0 Å². The molecule has 3 N–H and O–H groups in total. The molecule has 0 radical (unpaired) electrons. The number of hydrogen-bond acceptors (Lipinski definition) is 3. The normalized spacial score (nSPS) is 11.4. The van der Waals surface area contributed by atoms with Gasteiger partial charge in [0, 0.05) is 12.1 Å². The highest BCUT2D eigenvalue weighted by Crippen LogP contribution is 2.25. The number of carbonyl (C=O) groups is 1. The maximum atomic E-state index is 11.7. The number of sulfonamides is 1. The van der Waals surface area contributed by atoms with Crippen LogP contribution in [-0.4, -0.2) is 14.3 Å². The lowest BCUT2D eigenvalue weighted by molar-refractivity contribution is -0.116. The van der Waals surface area contributed by atoms with Gasteiger partial charge in [-0.1, -0.05) is 13.8 Å². The first kappa shape index (κ1) is 15.7. The lowest BCUT2D eigenvalue weighted by Gasteiger charge is -2.14. The second kappa shape index (κ2) is 6.16. The number of benzene rings is 1. The molecule has 1 aromatic carbocycles. The molecule has 19 heavy (non-hydrogen) atoms. The van der Waals surface area contributed by atoms with Crippen molar-refractivity contribution >= 4 is 21.6 Å². The van der Waals surface area contributed by atoms with E-state index in [1.54, 1.807) is 6.92 Å². The molecule has 6 heteroatoms. The standard InChI is InChI=1S/C13H20N2O3S/c1-4-6-12(16)15-13-9(3)7-11(19(14,17)18)8-10(13)5-2/h7-8H,4-6H2,1-3H3,(H,15,16)(H2,14,17,18). The Bertz CT molecular complexity index is 580. The van der Waals surface area contributed by atoms with E-state index >= 15 is 0 Å². The van der Waals surface area contributed by atoms with E-state index in [-0.39, 0.29) is 10.8 Å². The Morgan fingerprint density at radius 2 is 1.95 bits per heavy atom. The third kappa shape index (κ3) is 4.04. The van der Waals surface area contributed by atoms with Gasteiger partial charge in [-0.2, -0.15) is 0 Å². The van der Waals surface area contributed by atoms with Crippen molar-refractivity contribution in [3.05, 3.63) is 23.3 Å². The summed E-state index contributed by atoms with van der Waals surface area (Å²) in [6.07, 6.45) is 1.83. The number of amides is 1. The van der Waals surface area contributed by atoms with Crippen molar-refractivity contribution in [1.82, 2.24) is 0 Å². The maximum absolute atomic E-state index is 11.7. The molecule has 106 valence electrons. The first-order chi connectivity index (χ1) is 8.79. The molecule has 1 aromatic rings. The van der Waals surface area contributed by atoms with E-state index in [1.165, 1.54) is 12.1 Å². The molecule has 0 bridgehead atoms. The minimum atomic E-state index is -3.73. The fourth-order valence-electron chi connectivity index (χ4n) is 1.88. The smallest absolute Gasteiger partial charge is 0.238 e. The van der Waals surface area contributed by atoms with E-state index in [0.29, 0.717) is 24.1 Å². The van der Waals surface area contributed by atoms with Crippen LogP contribution in [0.1, 0.15) is 37.8 Å². The van der Waals surface area contributed by atoms with Crippen molar-refractivity contribution in [1.29, 1.82) is 0 Å². The highest BCUT2D eigenvalue weighted by molar-refractivity contribution is 7.89. The van der Waals surface area contributed by atoms with Crippen LogP contribution in [0.4, 0.5) is 5.69 Å². The zero-order valence-electron chi connectivity index (χ0n) is 11.5. The lowest BCUT2D eigenvalue weighted by Crippen LogP contribution is -2.16. The van der Waals surface area contributed by atoms with Crippen LogP contribution in [0.5, 0.6) is 0 Å². The van der Waals surface area contributed by atoms with E-state index < -0.39 is 10.0 Å². The van der Waals surface area contributed by atoms with Gasteiger partial charge in [-0.15, -0.1) is 0 Å².